The summed E-state index contributed by atoms with van der Waals surface area (Å²) < 4.78 is 0. The number of benzene rings is 4. The first-order valence-electron chi connectivity index (χ1n) is 10.9. The molecule has 0 N–H and O–H groups in total. The van der Waals surface area contributed by atoms with Crippen molar-refractivity contribution >= 4 is 21.7 Å². The molecule has 5 aromatic rings. The van der Waals surface area contributed by atoms with Crippen LogP contribution < -0.4 is 0 Å². The summed E-state index contributed by atoms with van der Waals surface area (Å²) in [5, 5.41) is 12.7. The fourth-order valence-corrected chi connectivity index (χ4v) is 4.75. The van der Waals surface area contributed by atoms with Crippen LogP contribution in [-0.2, 0) is 11.8 Å². The lowest BCUT2D eigenvalue weighted by atomic mass is 9.75. The quantitative estimate of drug-likeness (QED) is 0.287. The highest BCUT2D eigenvalue weighted by molar-refractivity contribution is 6.11. The Morgan fingerprint density at radius 1 is 0.750 bits per heavy atom. The van der Waals surface area contributed by atoms with Crippen molar-refractivity contribution in [1.29, 1.82) is 5.26 Å². The Hall–Kier alpha value is -3.96. The summed E-state index contributed by atoms with van der Waals surface area (Å²) in [6.45, 7) is 4.59. The van der Waals surface area contributed by atoms with E-state index in [9.17, 15) is 5.26 Å². The number of hydrogen-bond donors (Lipinski definition) is 0. The van der Waals surface area contributed by atoms with E-state index in [1.54, 1.807) is 0 Å². The van der Waals surface area contributed by atoms with Crippen molar-refractivity contribution in [2.24, 2.45) is 0 Å². The third kappa shape index (κ3) is 3.43. The third-order valence-corrected chi connectivity index (χ3v) is 6.30. The number of rotatable bonds is 4. The fraction of sp³-hybridized carbons (Fsp3) is 0.133. The van der Waals surface area contributed by atoms with Crippen LogP contribution in [0.1, 0.15) is 30.5 Å². The van der Waals surface area contributed by atoms with E-state index in [2.05, 4.69) is 98.8 Å². The standard InChI is InChI=1S/C30H24N2/c1-30(2,18-21-10-5-3-6-11-21)27-20-32-29-25-15-9-14-23(19-31)24(25)16-17-26(29)28(27)22-12-7-4-8-13-22/h3-17,20H,18H2,1-2H3. The lowest BCUT2D eigenvalue weighted by Gasteiger charge is -2.29. The number of pyridine rings is 1. The topological polar surface area (TPSA) is 36.7 Å². The van der Waals surface area contributed by atoms with Crippen molar-refractivity contribution < 1.29 is 0 Å². The number of nitriles is 1. The lowest BCUT2D eigenvalue weighted by Crippen LogP contribution is -2.22. The van der Waals surface area contributed by atoms with Gasteiger partial charge < -0.3 is 0 Å². The summed E-state index contributed by atoms with van der Waals surface area (Å²) in [5.41, 5.74) is 6.47. The minimum Gasteiger partial charge on any atom is -0.255 e. The Bertz CT molecular complexity index is 1460. The van der Waals surface area contributed by atoms with E-state index in [1.165, 1.54) is 22.3 Å². The van der Waals surface area contributed by atoms with Gasteiger partial charge in [-0.25, -0.2) is 0 Å². The lowest BCUT2D eigenvalue weighted by molar-refractivity contribution is 0.523. The molecule has 0 aliphatic carbocycles. The Morgan fingerprint density at radius 3 is 2.16 bits per heavy atom. The second kappa shape index (κ2) is 7.94. The number of fused-ring (bicyclic) bond motifs is 3. The van der Waals surface area contributed by atoms with E-state index in [0.29, 0.717) is 5.56 Å². The highest BCUT2D eigenvalue weighted by Gasteiger charge is 2.27. The van der Waals surface area contributed by atoms with Crippen LogP contribution >= 0.6 is 0 Å². The zero-order chi connectivity index (χ0) is 22.1. The van der Waals surface area contributed by atoms with Crippen LogP contribution in [0.3, 0.4) is 0 Å². The molecule has 0 aliphatic heterocycles. The maximum atomic E-state index is 9.56. The zero-order valence-corrected chi connectivity index (χ0v) is 18.3. The van der Waals surface area contributed by atoms with Gasteiger partial charge in [0.2, 0.25) is 0 Å². The average Bonchev–Trinajstić information content (AvgIpc) is 2.83. The normalized spacial score (nSPS) is 11.5. The summed E-state index contributed by atoms with van der Waals surface area (Å²) >= 11 is 0. The van der Waals surface area contributed by atoms with E-state index < -0.39 is 0 Å². The van der Waals surface area contributed by atoms with E-state index in [1.807, 2.05) is 18.3 Å². The van der Waals surface area contributed by atoms with Crippen molar-refractivity contribution in [3.63, 3.8) is 0 Å². The van der Waals surface area contributed by atoms with Crippen LogP contribution in [0.2, 0.25) is 0 Å². The Kier molecular flexibility index (Phi) is 4.96. The molecule has 0 atom stereocenters. The van der Waals surface area contributed by atoms with Gasteiger partial charge in [0.25, 0.3) is 0 Å². The molecule has 154 valence electrons. The van der Waals surface area contributed by atoms with Crippen LogP contribution in [0.5, 0.6) is 0 Å². The summed E-state index contributed by atoms with van der Waals surface area (Å²) in [6.07, 6.45) is 2.97. The SMILES string of the molecule is CC(C)(Cc1ccccc1)c1cnc2c(ccc3c(C#N)cccc32)c1-c1ccccc1. The molecule has 0 saturated heterocycles. The minimum absolute atomic E-state index is 0.114. The van der Waals surface area contributed by atoms with Gasteiger partial charge in [-0.1, -0.05) is 98.8 Å². The molecule has 0 bridgehead atoms. The van der Waals surface area contributed by atoms with Crippen LogP contribution in [0, 0.1) is 11.3 Å². The average molecular weight is 413 g/mol. The smallest absolute Gasteiger partial charge is 0.0998 e. The van der Waals surface area contributed by atoms with E-state index >= 15 is 0 Å². The molecule has 0 radical (unpaired) electrons. The van der Waals surface area contributed by atoms with Crippen LogP contribution in [0.25, 0.3) is 32.8 Å². The summed E-state index contributed by atoms with van der Waals surface area (Å²) in [5.74, 6) is 0. The van der Waals surface area contributed by atoms with E-state index in [4.69, 9.17) is 4.98 Å². The number of nitrogens with zero attached hydrogens (tertiary/aromatic N) is 2. The second-order valence-corrected chi connectivity index (χ2v) is 8.93. The first-order chi connectivity index (χ1) is 15.6. The van der Waals surface area contributed by atoms with Crippen molar-refractivity contribution in [1.82, 2.24) is 4.98 Å². The molecule has 0 spiro atoms. The molecule has 32 heavy (non-hydrogen) atoms. The maximum Gasteiger partial charge on any atom is 0.0998 e. The van der Waals surface area contributed by atoms with Gasteiger partial charge in [-0.15, -0.1) is 0 Å². The zero-order valence-electron chi connectivity index (χ0n) is 18.3. The highest BCUT2D eigenvalue weighted by Crippen LogP contribution is 2.41. The molecule has 0 amide bonds. The van der Waals surface area contributed by atoms with Gasteiger partial charge in [0.1, 0.15) is 0 Å². The number of hydrogen-bond acceptors (Lipinski definition) is 2. The van der Waals surface area contributed by atoms with Gasteiger partial charge in [-0.3, -0.25) is 4.98 Å². The predicted molar refractivity (Wildman–Crippen MR) is 133 cm³/mol. The molecule has 2 nitrogen and oxygen atoms in total. The first-order valence-corrected chi connectivity index (χ1v) is 10.9. The molecule has 0 aliphatic rings. The minimum atomic E-state index is -0.114. The maximum absolute atomic E-state index is 9.56. The molecule has 1 heterocycles. The van der Waals surface area contributed by atoms with Crippen molar-refractivity contribution in [2.45, 2.75) is 25.7 Å². The van der Waals surface area contributed by atoms with Gasteiger partial charge in [0.05, 0.1) is 17.1 Å². The summed E-state index contributed by atoms with van der Waals surface area (Å²) in [6, 6.07) is 33.6. The van der Waals surface area contributed by atoms with Gasteiger partial charge in [-0.2, -0.15) is 5.26 Å². The molecule has 0 unspecified atom stereocenters. The van der Waals surface area contributed by atoms with Gasteiger partial charge in [0.15, 0.2) is 0 Å². The molecule has 1 aromatic heterocycles. The molecule has 4 aromatic carbocycles. The van der Waals surface area contributed by atoms with Crippen LogP contribution in [0.4, 0.5) is 0 Å². The van der Waals surface area contributed by atoms with E-state index in [0.717, 1.165) is 28.1 Å². The Balaban J connectivity index is 1.80. The van der Waals surface area contributed by atoms with Gasteiger partial charge in [-0.05, 0) is 40.2 Å². The fourth-order valence-electron chi connectivity index (χ4n) is 4.75. The molecule has 5 rings (SSSR count). The molecular weight excluding hydrogens is 388 g/mol. The third-order valence-electron chi connectivity index (χ3n) is 6.30. The molecule has 0 fully saturated rings. The van der Waals surface area contributed by atoms with Crippen LogP contribution in [-0.4, -0.2) is 4.98 Å². The molecule has 0 saturated carbocycles. The van der Waals surface area contributed by atoms with Gasteiger partial charge in [0, 0.05) is 22.4 Å². The second-order valence-electron chi connectivity index (χ2n) is 8.93. The predicted octanol–water partition coefficient (Wildman–Crippen LogP) is 7.45. The monoisotopic (exact) mass is 412 g/mol. The van der Waals surface area contributed by atoms with Crippen molar-refractivity contribution in [2.75, 3.05) is 0 Å². The van der Waals surface area contributed by atoms with Crippen molar-refractivity contribution in [3.05, 3.63) is 114 Å². The first kappa shape index (κ1) is 20.0. The van der Waals surface area contributed by atoms with E-state index in [-0.39, 0.29) is 5.41 Å². The van der Waals surface area contributed by atoms with Crippen molar-refractivity contribution in [3.8, 4) is 17.2 Å². The number of aromatic nitrogens is 1. The summed E-state index contributed by atoms with van der Waals surface area (Å²) in [4.78, 5) is 4.97. The largest absolute Gasteiger partial charge is 0.255 e. The Labute approximate surface area is 188 Å². The summed E-state index contributed by atoms with van der Waals surface area (Å²) in [7, 11) is 0. The molecule has 2 heteroatoms. The molecular formula is C30H24N2. The van der Waals surface area contributed by atoms with Crippen LogP contribution in [0.15, 0.2) is 97.2 Å². The highest BCUT2D eigenvalue weighted by atomic mass is 14.7. The Morgan fingerprint density at radius 2 is 1.44 bits per heavy atom. The van der Waals surface area contributed by atoms with Gasteiger partial charge >= 0.3 is 0 Å².